The summed E-state index contributed by atoms with van der Waals surface area (Å²) in [6, 6.07) is 30.6. The fourth-order valence-corrected chi connectivity index (χ4v) is 11.4. The SMILES string of the molecule is C[C@H]1[C@H]([Si](C)(C)O)[C@@H](CC(=O)N(CCO)Cc2ccccc2)O[C@]12C(=O)N(Cc1cccc(NC(=O)Cc3c[nH]c4ccccc34)c1)c1ccc(Br)cc12. The molecule has 0 bridgehead atoms. The summed E-state index contributed by atoms with van der Waals surface area (Å²) in [6.07, 6.45) is 1.29. The van der Waals surface area contributed by atoms with Gasteiger partial charge in [-0.25, -0.2) is 0 Å². The van der Waals surface area contributed by atoms with E-state index in [9.17, 15) is 24.3 Å². The number of carbonyl (C=O) groups excluding carboxylic acids is 3. The van der Waals surface area contributed by atoms with Crippen molar-refractivity contribution in [3.63, 3.8) is 0 Å². The molecule has 2 aliphatic rings. The van der Waals surface area contributed by atoms with Crippen molar-refractivity contribution in [3.8, 4) is 0 Å². The molecule has 54 heavy (non-hydrogen) atoms. The Morgan fingerprint density at radius 2 is 1.74 bits per heavy atom. The standard InChI is InChI=1S/C42H45BrN4O6Si/c1-27-40(54(2,3)52)37(23-39(50)46(18-19-48)25-28-10-5-4-6-11-28)53-42(27)34-22-31(43)16-17-36(34)47(41(42)51)26-29-12-9-13-32(20-29)45-38(49)21-30-24-44-35-15-8-7-14-33(30)35/h4-17,20,22,24,27,37,40,44,48,52H,18-19,21,23,25-26H2,1-3H3,(H,45,49)/t27-,37+,40-,42+/m0/s1. The Morgan fingerprint density at radius 1 is 1.00 bits per heavy atom. The molecule has 3 amide bonds. The largest absolute Gasteiger partial charge is 0.432 e. The van der Waals surface area contributed by atoms with Gasteiger partial charge in [-0.2, -0.15) is 0 Å². The predicted molar refractivity (Wildman–Crippen MR) is 215 cm³/mol. The van der Waals surface area contributed by atoms with Crippen molar-refractivity contribution >= 4 is 64.2 Å². The van der Waals surface area contributed by atoms with Gasteiger partial charge in [-0.3, -0.25) is 14.4 Å². The van der Waals surface area contributed by atoms with Crippen LogP contribution in [0.25, 0.3) is 10.9 Å². The van der Waals surface area contributed by atoms with E-state index in [1.807, 2.05) is 123 Å². The van der Waals surface area contributed by atoms with Crippen molar-refractivity contribution in [2.75, 3.05) is 23.4 Å². The van der Waals surface area contributed by atoms with Gasteiger partial charge in [0, 0.05) is 57.4 Å². The van der Waals surface area contributed by atoms with Crippen molar-refractivity contribution in [2.24, 2.45) is 5.92 Å². The number of amides is 3. The van der Waals surface area contributed by atoms with Gasteiger partial charge >= 0.3 is 0 Å². The second-order valence-corrected chi connectivity index (χ2v) is 19.8. The minimum Gasteiger partial charge on any atom is -0.432 e. The summed E-state index contributed by atoms with van der Waals surface area (Å²) < 4.78 is 7.70. The van der Waals surface area contributed by atoms with Gasteiger partial charge in [0.15, 0.2) is 13.9 Å². The Morgan fingerprint density at radius 3 is 2.50 bits per heavy atom. The molecule has 0 saturated carbocycles. The van der Waals surface area contributed by atoms with E-state index in [-0.39, 0.29) is 50.3 Å². The van der Waals surface area contributed by atoms with Crippen LogP contribution in [0.2, 0.25) is 18.6 Å². The number of fused-ring (bicyclic) bond motifs is 3. The van der Waals surface area contributed by atoms with E-state index >= 15 is 0 Å². The Balaban J connectivity index is 1.14. The number of benzene rings is 4. The number of rotatable bonds is 12. The number of aromatic nitrogens is 1. The molecule has 7 rings (SSSR count). The fraction of sp³-hybridized carbons (Fsp3) is 0.310. The zero-order valence-corrected chi connectivity index (χ0v) is 33.2. The molecule has 4 aromatic carbocycles. The summed E-state index contributed by atoms with van der Waals surface area (Å²) in [4.78, 5) is 60.3. The zero-order chi connectivity index (χ0) is 38.2. The minimum atomic E-state index is -3.03. The molecule has 0 radical (unpaired) electrons. The smallest absolute Gasteiger partial charge is 0.264 e. The zero-order valence-electron chi connectivity index (χ0n) is 30.6. The number of aliphatic hydroxyl groups excluding tert-OH is 1. The number of halogens is 1. The third kappa shape index (κ3) is 7.28. The third-order valence-electron chi connectivity index (χ3n) is 10.8. The van der Waals surface area contributed by atoms with Crippen molar-refractivity contribution in [1.29, 1.82) is 0 Å². The first-order chi connectivity index (χ1) is 25.9. The fourth-order valence-electron chi connectivity index (χ4n) is 8.51. The quantitative estimate of drug-likeness (QED) is 0.102. The third-order valence-corrected chi connectivity index (χ3v) is 13.8. The number of H-pyrrole nitrogens is 1. The van der Waals surface area contributed by atoms with Gasteiger partial charge in [-0.1, -0.05) is 83.5 Å². The Kier molecular flexibility index (Phi) is 10.7. The van der Waals surface area contributed by atoms with E-state index in [1.54, 1.807) is 9.80 Å². The molecule has 4 N–H and O–H groups in total. The number of hydrogen-bond acceptors (Lipinski definition) is 6. The highest BCUT2D eigenvalue weighted by Gasteiger charge is 2.66. The summed E-state index contributed by atoms with van der Waals surface area (Å²) in [6.45, 7) is 6.11. The topological polar surface area (TPSA) is 135 Å². The molecule has 1 aromatic heterocycles. The van der Waals surface area contributed by atoms with E-state index in [1.165, 1.54) is 0 Å². The maximum atomic E-state index is 15.0. The molecule has 3 heterocycles. The Labute approximate surface area is 324 Å². The highest BCUT2D eigenvalue weighted by Crippen LogP contribution is 2.60. The molecule has 1 spiro atoms. The molecule has 280 valence electrons. The molecule has 4 atom stereocenters. The monoisotopic (exact) mass is 808 g/mol. The van der Waals surface area contributed by atoms with E-state index in [0.29, 0.717) is 23.5 Å². The van der Waals surface area contributed by atoms with Crippen LogP contribution in [0.15, 0.2) is 108 Å². The molecule has 0 unspecified atom stereocenters. The van der Waals surface area contributed by atoms with Crippen LogP contribution in [-0.2, 0) is 44.2 Å². The van der Waals surface area contributed by atoms with Gasteiger partial charge < -0.3 is 34.7 Å². The molecule has 0 aliphatic carbocycles. The van der Waals surface area contributed by atoms with Crippen LogP contribution in [0, 0.1) is 5.92 Å². The van der Waals surface area contributed by atoms with E-state index in [0.717, 1.165) is 32.1 Å². The number of nitrogens with one attached hydrogen (secondary N) is 2. The Bertz CT molecular complexity index is 2190. The highest BCUT2D eigenvalue weighted by molar-refractivity contribution is 9.10. The van der Waals surface area contributed by atoms with Crippen LogP contribution >= 0.6 is 15.9 Å². The summed E-state index contributed by atoms with van der Waals surface area (Å²) >= 11 is 3.61. The Hall–Kier alpha value is -4.59. The van der Waals surface area contributed by atoms with E-state index < -0.39 is 31.5 Å². The first kappa shape index (κ1) is 37.7. The van der Waals surface area contributed by atoms with Crippen LogP contribution < -0.4 is 10.2 Å². The molecule has 2 aliphatic heterocycles. The molecule has 1 saturated heterocycles. The average molecular weight is 810 g/mol. The maximum Gasteiger partial charge on any atom is 0.264 e. The maximum absolute atomic E-state index is 15.0. The van der Waals surface area contributed by atoms with Gasteiger partial charge in [0.2, 0.25) is 11.8 Å². The first-order valence-corrected chi connectivity index (χ1v) is 22.1. The van der Waals surface area contributed by atoms with Crippen molar-refractivity contribution in [1.82, 2.24) is 9.88 Å². The number of anilines is 2. The van der Waals surface area contributed by atoms with Crippen molar-refractivity contribution in [2.45, 2.75) is 63.2 Å². The number of aromatic amines is 1. The minimum absolute atomic E-state index is 0.0442. The lowest BCUT2D eigenvalue weighted by molar-refractivity contribution is -0.150. The van der Waals surface area contributed by atoms with Gasteiger partial charge in [0.05, 0.1) is 37.8 Å². The number of para-hydroxylation sites is 1. The van der Waals surface area contributed by atoms with Crippen molar-refractivity contribution in [3.05, 3.63) is 130 Å². The average Bonchev–Trinajstić information content (AvgIpc) is 3.75. The lowest BCUT2D eigenvalue weighted by Crippen LogP contribution is -2.46. The van der Waals surface area contributed by atoms with Crippen LogP contribution in [-0.4, -0.2) is 65.1 Å². The summed E-state index contributed by atoms with van der Waals surface area (Å²) in [5.41, 5.74) is 3.75. The molecular weight excluding hydrogens is 764 g/mol. The van der Waals surface area contributed by atoms with Crippen LogP contribution in [0.5, 0.6) is 0 Å². The molecular formula is C42H45BrN4O6Si. The number of aliphatic hydroxyl groups is 1. The number of nitrogens with zero attached hydrogens (tertiary/aromatic N) is 2. The second-order valence-electron chi connectivity index (χ2n) is 14.9. The first-order valence-electron chi connectivity index (χ1n) is 18.3. The number of ether oxygens (including phenoxy) is 1. The highest BCUT2D eigenvalue weighted by atomic mass is 79.9. The summed E-state index contributed by atoms with van der Waals surface area (Å²) in [5.74, 6) is -1.08. The van der Waals surface area contributed by atoms with Gasteiger partial charge in [-0.05, 0) is 66.2 Å². The molecule has 5 aromatic rings. The summed E-state index contributed by atoms with van der Waals surface area (Å²) in [7, 11) is -3.03. The second kappa shape index (κ2) is 15.3. The molecule has 10 nitrogen and oxygen atoms in total. The van der Waals surface area contributed by atoms with Crippen molar-refractivity contribution < 1.29 is 29.0 Å². The molecule has 12 heteroatoms. The van der Waals surface area contributed by atoms with E-state index in [2.05, 4.69) is 26.2 Å². The summed E-state index contributed by atoms with van der Waals surface area (Å²) in [5, 5.41) is 13.9. The lowest BCUT2D eigenvalue weighted by Gasteiger charge is -2.32. The lowest BCUT2D eigenvalue weighted by atomic mass is 9.82. The van der Waals surface area contributed by atoms with Gasteiger partial charge in [0.1, 0.15) is 0 Å². The molecule has 1 fully saturated rings. The van der Waals surface area contributed by atoms with Crippen LogP contribution in [0.4, 0.5) is 11.4 Å². The van der Waals surface area contributed by atoms with E-state index in [4.69, 9.17) is 4.74 Å². The number of hydrogen-bond donors (Lipinski definition) is 4. The normalized spacial score (nSPS) is 20.8. The van der Waals surface area contributed by atoms with Gasteiger partial charge in [0.25, 0.3) is 5.91 Å². The van der Waals surface area contributed by atoms with Crippen LogP contribution in [0.1, 0.15) is 35.6 Å². The predicted octanol–water partition coefficient (Wildman–Crippen LogP) is 6.87. The van der Waals surface area contributed by atoms with Gasteiger partial charge in [-0.15, -0.1) is 0 Å². The van der Waals surface area contributed by atoms with Crippen LogP contribution in [0.3, 0.4) is 0 Å². The number of carbonyl (C=O) groups is 3.